The maximum atomic E-state index is 3.74. The molecule has 1 aromatic carbocycles. The molecule has 0 bridgehead atoms. The van der Waals surface area contributed by atoms with Gasteiger partial charge < -0.3 is 5.32 Å². The Hall–Kier alpha value is -0.380. The van der Waals surface area contributed by atoms with Crippen molar-refractivity contribution in [1.29, 1.82) is 0 Å². The van der Waals surface area contributed by atoms with E-state index >= 15 is 0 Å². The summed E-state index contributed by atoms with van der Waals surface area (Å²) in [4.78, 5) is 2.57. The van der Waals surface area contributed by atoms with E-state index < -0.39 is 0 Å². The summed E-state index contributed by atoms with van der Waals surface area (Å²) < 4.78 is 1.25. The van der Waals surface area contributed by atoms with Gasteiger partial charge in [-0.1, -0.05) is 48.8 Å². The molecular weight excluding hydrogens is 312 g/mol. The number of hydrogen-bond acceptors (Lipinski definition) is 2. The van der Waals surface area contributed by atoms with E-state index in [-0.39, 0.29) is 0 Å². The molecule has 0 aliphatic carbocycles. The van der Waals surface area contributed by atoms with Crippen LogP contribution in [0.3, 0.4) is 0 Å². The normalized spacial score (nSPS) is 23.4. The molecule has 112 valence electrons. The maximum Gasteiger partial charge on any atom is 0.0245 e. The summed E-state index contributed by atoms with van der Waals surface area (Å²) >= 11 is 3.74. The minimum Gasteiger partial charge on any atom is -0.313 e. The van der Waals surface area contributed by atoms with Crippen molar-refractivity contribution in [2.75, 3.05) is 19.6 Å². The van der Waals surface area contributed by atoms with Gasteiger partial charge in [0.2, 0.25) is 0 Å². The van der Waals surface area contributed by atoms with Gasteiger partial charge in [-0.15, -0.1) is 0 Å². The third-order valence-electron chi connectivity index (χ3n) is 4.33. The van der Waals surface area contributed by atoms with Crippen LogP contribution in [0.1, 0.15) is 38.3 Å². The van der Waals surface area contributed by atoms with Gasteiger partial charge in [0.1, 0.15) is 0 Å². The molecule has 0 spiro atoms. The molecule has 1 aliphatic heterocycles. The summed E-state index contributed by atoms with van der Waals surface area (Å²) in [6.45, 7) is 12.5. The van der Waals surface area contributed by atoms with Gasteiger partial charge in [-0.25, -0.2) is 0 Å². The van der Waals surface area contributed by atoms with E-state index in [4.69, 9.17) is 0 Å². The van der Waals surface area contributed by atoms with E-state index in [1.54, 1.807) is 0 Å². The number of likely N-dealkylation sites (tertiary alicyclic amines) is 1. The monoisotopic (exact) mass is 338 g/mol. The van der Waals surface area contributed by atoms with Crippen molar-refractivity contribution in [1.82, 2.24) is 10.2 Å². The molecule has 0 aromatic heterocycles. The van der Waals surface area contributed by atoms with Crippen LogP contribution in [0.4, 0.5) is 0 Å². The Morgan fingerprint density at radius 1 is 1.25 bits per heavy atom. The summed E-state index contributed by atoms with van der Waals surface area (Å²) in [6, 6.07) is 6.80. The summed E-state index contributed by atoms with van der Waals surface area (Å²) in [6.07, 6.45) is 1.19. The predicted molar refractivity (Wildman–Crippen MR) is 89.7 cm³/mol. The fraction of sp³-hybridized carbons (Fsp3) is 0.647. The van der Waals surface area contributed by atoms with Crippen LogP contribution >= 0.6 is 15.9 Å². The van der Waals surface area contributed by atoms with E-state index in [0.29, 0.717) is 0 Å². The molecule has 0 saturated carbocycles. The van der Waals surface area contributed by atoms with Gasteiger partial charge in [0.15, 0.2) is 0 Å². The van der Waals surface area contributed by atoms with Gasteiger partial charge in [-0.05, 0) is 42.0 Å². The first-order valence-electron chi connectivity index (χ1n) is 7.80. The Kier molecular flexibility index (Phi) is 6.06. The number of nitrogens with one attached hydrogen (secondary N) is 1. The van der Waals surface area contributed by atoms with Gasteiger partial charge in [0.05, 0.1) is 0 Å². The molecule has 20 heavy (non-hydrogen) atoms. The van der Waals surface area contributed by atoms with E-state index in [1.165, 1.54) is 35.1 Å². The molecule has 1 fully saturated rings. The Balaban J connectivity index is 1.92. The number of halogens is 1. The van der Waals surface area contributed by atoms with E-state index in [9.17, 15) is 0 Å². The highest BCUT2D eigenvalue weighted by atomic mass is 79.9. The van der Waals surface area contributed by atoms with E-state index in [0.717, 1.165) is 31.5 Å². The van der Waals surface area contributed by atoms with Crippen molar-refractivity contribution in [3.8, 4) is 0 Å². The largest absolute Gasteiger partial charge is 0.313 e. The van der Waals surface area contributed by atoms with Gasteiger partial charge in [-0.2, -0.15) is 0 Å². The molecule has 1 aromatic rings. The van der Waals surface area contributed by atoms with Gasteiger partial charge in [0, 0.05) is 30.7 Å². The first kappa shape index (κ1) is 16.0. The first-order chi connectivity index (χ1) is 9.60. The molecule has 2 unspecified atom stereocenters. The fourth-order valence-corrected chi connectivity index (χ4v) is 3.41. The quantitative estimate of drug-likeness (QED) is 0.787. The van der Waals surface area contributed by atoms with Crippen LogP contribution in [-0.2, 0) is 13.1 Å². The predicted octanol–water partition coefficient (Wildman–Crippen LogP) is 4.04. The van der Waals surface area contributed by atoms with Crippen molar-refractivity contribution in [3.63, 3.8) is 0 Å². The van der Waals surface area contributed by atoms with Crippen molar-refractivity contribution in [2.24, 2.45) is 11.8 Å². The molecule has 1 aliphatic rings. The second-order valence-corrected chi connectivity index (χ2v) is 7.11. The SMILES string of the molecule is CCCNCc1ccc(CN2CC(C)C(C)C2)c(Br)c1. The van der Waals surface area contributed by atoms with Crippen LogP contribution in [0.2, 0.25) is 0 Å². The zero-order valence-electron chi connectivity index (χ0n) is 13.0. The fourth-order valence-electron chi connectivity index (χ4n) is 2.86. The third kappa shape index (κ3) is 4.31. The molecule has 1 heterocycles. The van der Waals surface area contributed by atoms with Crippen LogP contribution < -0.4 is 5.32 Å². The molecule has 0 radical (unpaired) electrons. The maximum absolute atomic E-state index is 3.74. The third-order valence-corrected chi connectivity index (χ3v) is 5.07. The van der Waals surface area contributed by atoms with E-state index in [2.05, 4.69) is 65.1 Å². The molecule has 3 heteroatoms. The smallest absolute Gasteiger partial charge is 0.0245 e. The Labute approximate surface area is 132 Å². The zero-order valence-corrected chi connectivity index (χ0v) is 14.5. The lowest BCUT2D eigenvalue weighted by Gasteiger charge is -2.17. The molecule has 2 atom stereocenters. The Morgan fingerprint density at radius 3 is 2.55 bits per heavy atom. The van der Waals surface area contributed by atoms with Crippen molar-refractivity contribution in [3.05, 3.63) is 33.8 Å². The topological polar surface area (TPSA) is 15.3 Å². The highest BCUT2D eigenvalue weighted by molar-refractivity contribution is 9.10. The molecule has 0 amide bonds. The summed E-state index contributed by atoms with van der Waals surface area (Å²) in [5, 5.41) is 3.45. The summed E-state index contributed by atoms with van der Waals surface area (Å²) in [5.41, 5.74) is 2.77. The summed E-state index contributed by atoms with van der Waals surface area (Å²) in [7, 11) is 0. The standard InChI is InChI=1S/C17H27BrN2/c1-4-7-19-9-15-5-6-16(17(18)8-15)12-20-10-13(2)14(3)11-20/h5-6,8,13-14,19H,4,7,9-12H2,1-3H3. The molecule has 1 N–H and O–H groups in total. The second-order valence-electron chi connectivity index (χ2n) is 6.25. The number of benzene rings is 1. The number of hydrogen-bond donors (Lipinski definition) is 1. The lowest BCUT2D eigenvalue weighted by Crippen LogP contribution is -2.20. The van der Waals surface area contributed by atoms with Crippen molar-refractivity contribution >= 4 is 15.9 Å². The van der Waals surface area contributed by atoms with Crippen LogP contribution in [-0.4, -0.2) is 24.5 Å². The lowest BCUT2D eigenvalue weighted by atomic mass is 10.0. The Bertz CT molecular complexity index is 423. The van der Waals surface area contributed by atoms with Crippen LogP contribution in [0, 0.1) is 11.8 Å². The molecule has 2 nitrogen and oxygen atoms in total. The second kappa shape index (κ2) is 7.58. The van der Waals surface area contributed by atoms with Crippen molar-refractivity contribution < 1.29 is 0 Å². The van der Waals surface area contributed by atoms with E-state index in [1.807, 2.05) is 0 Å². The average molecular weight is 339 g/mol. The van der Waals surface area contributed by atoms with Crippen LogP contribution in [0.25, 0.3) is 0 Å². The zero-order chi connectivity index (χ0) is 14.5. The molecular formula is C17H27BrN2. The van der Waals surface area contributed by atoms with Crippen LogP contribution in [0.5, 0.6) is 0 Å². The van der Waals surface area contributed by atoms with Gasteiger partial charge in [-0.3, -0.25) is 4.90 Å². The molecule has 1 saturated heterocycles. The average Bonchev–Trinajstić information content (AvgIpc) is 2.72. The van der Waals surface area contributed by atoms with Crippen LogP contribution in [0.15, 0.2) is 22.7 Å². The summed E-state index contributed by atoms with van der Waals surface area (Å²) in [5.74, 6) is 1.65. The highest BCUT2D eigenvalue weighted by Crippen LogP contribution is 2.26. The minimum absolute atomic E-state index is 0.825. The van der Waals surface area contributed by atoms with Crippen molar-refractivity contribution in [2.45, 2.75) is 40.3 Å². The minimum atomic E-state index is 0.825. The van der Waals surface area contributed by atoms with Gasteiger partial charge in [0.25, 0.3) is 0 Å². The Morgan fingerprint density at radius 2 is 1.95 bits per heavy atom. The lowest BCUT2D eigenvalue weighted by molar-refractivity contribution is 0.315. The van der Waals surface area contributed by atoms with Gasteiger partial charge >= 0.3 is 0 Å². The molecule has 2 rings (SSSR count). The first-order valence-corrected chi connectivity index (χ1v) is 8.59. The highest BCUT2D eigenvalue weighted by Gasteiger charge is 2.26. The number of nitrogens with zero attached hydrogens (tertiary/aromatic N) is 1. The number of rotatable bonds is 6.